The van der Waals surface area contributed by atoms with Gasteiger partial charge in [-0.3, -0.25) is 0 Å². The number of aryl methyl sites for hydroxylation is 2. The molecule has 0 aliphatic rings. The number of benzene rings is 2. The second-order valence-corrected chi connectivity index (χ2v) is 6.73. The van der Waals surface area contributed by atoms with Gasteiger partial charge in [0.15, 0.2) is 0 Å². The van der Waals surface area contributed by atoms with Crippen molar-refractivity contribution in [2.24, 2.45) is 12.8 Å². The van der Waals surface area contributed by atoms with Gasteiger partial charge in [0.25, 0.3) is 0 Å². The molecule has 3 heteroatoms. The van der Waals surface area contributed by atoms with Gasteiger partial charge in [0.2, 0.25) is 0 Å². The minimum absolute atomic E-state index is 0.305. The molecule has 3 aromatic rings. The standard InChI is InChI=1S/C22H28N2O/c1-5-25-22-11-10-17(12-15(22)2)18(14-23)13-20-16(3)24(4)21-9-7-6-8-19(20)21/h6-12,18H,5,13-14,23H2,1-4H3. The molecule has 0 aliphatic heterocycles. The maximum Gasteiger partial charge on any atom is 0.122 e. The van der Waals surface area contributed by atoms with Gasteiger partial charge in [-0.1, -0.05) is 30.3 Å². The first kappa shape index (κ1) is 17.6. The van der Waals surface area contributed by atoms with Crippen molar-refractivity contribution < 1.29 is 4.74 Å². The van der Waals surface area contributed by atoms with Gasteiger partial charge < -0.3 is 15.0 Å². The highest BCUT2D eigenvalue weighted by Gasteiger charge is 2.18. The van der Waals surface area contributed by atoms with Crippen LogP contribution in [0.15, 0.2) is 42.5 Å². The average Bonchev–Trinajstić information content (AvgIpc) is 2.86. The van der Waals surface area contributed by atoms with Crippen LogP contribution in [0.1, 0.15) is 35.2 Å². The van der Waals surface area contributed by atoms with E-state index in [-0.39, 0.29) is 0 Å². The molecule has 0 aliphatic carbocycles. The fourth-order valence-electron chi connectivity index (χ4n) is 3.68. The Balaban J connectivity index is 1.96. The summed E-state index contributed by atoms with van der Waals surface area (Å²) in [5.74, 6) is 1.27. The van der Waals surface area contributed by atoms with Crippen molar-refractivity contribution in [3.8, 4) is 5.75 Å². The largest absolute Gasteiger partial charge is 0.494 e. The monoisotopic (exact) mass is 336 g/mol. The third-order valence-electron chi connectivity index (χ3n) is 5.24. The molecular formula is C22H28N2O. The van der Waals surface area contributed by atoms with Gasteiger partial charge >= 0.3 is 0 Å². The van der Waals surface area contributed by atoms with Gasteiger partial charge in [-0.25, -0.2) is 0 Å². The fraction of sp³-hybridized carbons (Fsp3) is 0.364. The van der Waals surface area contributed by atoms with E-state index in [1.54, 1.807) is 0 Å². The van der Waals surface area contributed by atoms with Crippen LogP contribution in [0.25, 0.3) is 10.9 Å². The summed E-state index contributed by atoms with van der Waals surface area (Å²) in [4.78, 5) is 0. The summed E-state index contributed by atoms with van der Waals surface area (Å²) < 4.78 is 7.95. The van der Waals surface area contributed by atoms with Crippen LogP contribution in [-0.4, -0.2) is 17.7 Å². The molecule has 0 radical (unpaired) electrons. The van der Waals surface area contributed by atoms with Gasteiger partial charge in [0.05, 0.1) is 6.61 Å². The summed E-state index contributed by atoms with van der Waals surface area (Å²) in [6, 6.07) is 15.1. The highest BCUT2D eigenvalue weighted by Crippen LogP contribution is 2.31. The first-order chi connectivity index (χ1) is 12.1. The van der Waals surface area contributed by atoms with E-state index in [4.69, 9.17) is 10.5 Å². The maximum absolute atomic E-state index is 6.16. The summed E-state index contributed by atoms with van der Waals surface area (Å²) in [6.45, 7) is 7.64. The third kappa shape index (κ3) is 3.29. The highest BCUT2D eigenvalue weighted by atomic mass is 16.5. The first-order valence-corrected chi connectivity index (χ1v) is 9.03. The van der Waals surface area contributed by atoms with Crippen molar-refractivity contribution in [3.05, 3.63) is 64.8 Å². The molecule has 0 saturated heterocycles. The van der Waals surface area contributed by atoms with Gasteiger partial charge in [-0.2, -0.15) is 0 Å². The second-order valence-electron chi connectivity index (χ2n) is 6.73. The molecular weight excluding hydrogens is 308 g/mol. The molecule has 1 aromatic heterocycles. The van der Waals surface area contributed by atoms with E-state index in [1.165, 1.54) is 33.3 Å². The Morgan fingerprint density at radius 2 is 1.88 bits per heavy atom. The molecule has 2 N–H and O–H groups in total. The minimum Gasteiger partial charge on any atom is -0.494 e. The number of nitrogens with zero attached hydrogens (tertiary/aromatic N) is 1. The summed E-state index contributed by atoms with van der Waals surface area (Å²) in [5.41, 5.74) is 12.6. The summed E-state index contributed by atoms with van der Waals surface area (Å²) >= 11 is 0. The van der Waals surface area contributed by atoms with Gasteiger partial charge in [0.1, 0.15) is 5.75 Å². The molecule has 25 heavy (non-hydrogen) atoms. The van der Waals surface area contributed by atoms with Gasteiger partial charge in [-0.05, 0) is 62.6 Å². The number of hydrogen-bond acceptors (Lipinski definition) is 2. The maximum atomic E-state index is 6.16. The van der Waals surface area contributed by atoms with E-state index in [0.29, 0.717) is 19.1 Å². The van der Waals surface area contributed by atoms with Gasteiger partial charge in [-0.15, -0.1) is 0 Å². The van der Waals surface area contributed by atoms with Crippen LogP contribution in [0.3, 0.4) is 0 Å². The van der Waals surface area contributed by atoms with Crippen LogP contribution >= 0.6 is 0 Å². The molecule has 132 valence electrons. The molecule has 1 heterocycles. The van der Waals surface area contributed by atoms with Crippen LogP contribution in [0.2, 0.25) is 0 Å². The summed E-state index contributed by atoms with van der Waals surface area (Å²) in [6.07, 6.45) is 0.955. The van der Waals surface area contributed by atoms with Crippen molar-refractivity contribution in [3.63, 3.8) is 0 Å². The Bertz CT molecular complexity index is 879. The number of fused-ring (bicyclic) bond motifs is 1. The number of para-hydroxylation sites is 1. The zero-order chi connectivity index (χ0) is 18.0. The van der Waals surface area contributed by atoms with Crippen LogP contribution in [0.5, 0.6) is 5.75 Å². The number of hydrogen-bond donors (Lipinski definition) is 1. The average molecular weight is 336 g/mol. The molecule has 0 bridgehead atoms. The fourth-order valence-corrected chi connectivity index (χ4v) is 3.68. The summed E-state index contributed by atoms with van der Waals surface area (Å²) in [5, 5.41) is 1.34. The van der Waals surface area contributed by atoms with Gasteiger partial charge in [0, 0.05) is 29.6 Å². The Kier molecular flexibility index (Phi) is 5.14. The van der Waals surface area contributed by atoms with E-state index in [1.807, 2.05) is 6.92 Å². The van der Waals surface area contributed by atoms with Crippen molar-refractivity contribution in [1.82, 2.24) is 4.57 Å². The van der Waals surface area contributed by atoms with E-state index >= 15 is 0 Å². The lowest BCUT2D eigenvalue weighted by Gasteiger charge is -2.18. The molecule has 0 saturated carbocycles. The van der Waals surface area contributed by atoms with E-state index in [0.717, 1.165) is 12.2 Å². The molecule has 0 amide bonds. The number of rotatable bonds is 6. The van der Waals surface area contributed by atoms with E-state index in [2.05, 4.69) is 67.9 Å². The lowest BCUT2D eigenvalue weighted by atomic mass is 9.90. The highest BCUT2D eigenvalue weighted by molar-refractivity contribution is 5.85. The van der Waals surface area contributed by atoms with E-state index < -0.39 is 0 Å². The Morgan fingerprint density at radius 1 is 1.12 bits per heavy atom. The summed E-state index contributed by atoms with van der Waals surface area (Å²) in [7, 11) is 2.14. The lowest BCUT2D eigenvalue weighted by molar-refractivity contribution is 0.337. The molecule has 1 atom stereocenters. The number of nitrogens with two attached hydrogens (primary N) is 1. The van der Waals surface area contributed by atoms with Crippen molar-refractivity contribution in [1.29, 1.82) is 0 Å². The smallest absolute Gasteiger partial charge is 0.122 e. The Hall–Kier alpha value is -2.26. The van der Waals surface area contributed by atoms with E-state index in [9.17, 15) is 0 Å². The third-order valence-corrected chi connectivity index (χ3v) is 5.24. The zero-order valence-electron chi connectivity index (χ0n) is 15.7. The molecule has 1 unspecified atom stereocenters. The predicted molar refractivity (Wildman–Crippen MR) is 106 cm³/mol. The van der Waals surface area contributed by atoms with Crippen LogP contribution < -0.4 is 10.5 Å². The van der Waals surface area contributed by atoms with Crippen molar-refractivity contribution >= 4 is 10.9 Å². The quantitative estimate of drug-likeness (QED) is 0.721. The van der Waals surface area contributed by atoms with Crippen LogP contribution in [0, 0.1) is 13.8 Å². The first-order valence-electron chi connectivity index (χ1n) is 9.03. The molecule has 3 nitrogen and oxygen atoms in total. The van der Waals surface area contributed by atoms with Crippen LogP contribution in [-0.2, 0) is 13.5 Å². The minimum atomic E-state index is 0.305. The SMILES string of the molecule is CCOc1ccc(C(CN)Cc2c(C)n(C)c3ccccc23)cc1C. The zero-order valence-corrected chi connectivity index (χ0v) is 15.7. The number of ether oxygens (including phenoxy) is 1. The van der Waals surface area contributed by atoms with Crippen molar-refractivity contribution in [2.75, 3.05) is 13.2 Å². The molecule has 0 fully saturated rings. The Labute approximate surface area is 150 Å². The van der Waals surface area contributed by atoms with Crippen molar-refractivity contribution in [2.45, 2.75) is 33.1 Å². The Morgan fingerprint density at radius 3 is 2.56 bits per heavy atom. The molecule has 0 spiro atoms. The second kappa shape index (κ2) is 7.32. The normalized spacial score (nSPS) is 12.5. The molecule has 2 aromatic carbocycles. The molecule has 3 rings (SSSR count). The lowest BCUT2D eigenvalue weighted by Crippen LogP contribution is -2.16. The number of aromatic nitrogens is 1. The van der Waals surface area contributed by atoms with Crippen LogP contribution in [0.4, 0.5) is 0 Å². The topological polar surface area (TPSA) is 40.2 Å². The predicted octanol–water partition coefficient (Wildman–Crippen LogP) is 4.48.